The highest BCUT2D eigenvalue weighted by Crippen LogP contribution is 2.19. The average Bonchev–Trinajstić information content (AvgIpc) is 2.58. The van der Waals surface area contributed by atoms with Crippen LogP contribution in [0.15, 0.2) is 35.1 Å². The Labute approximate surface area is 146 Å². The minimum Gasteiger partial charge on any atom is -0.358 e. The number of amides is 1. The van der Waals surface area contributed by atoms with Crippen molar-refractivity contribution in [1.82, 2.24) is 14.9 Å². The minimum atomic E-state index is -0.218. The molecule has 0 unspecified atom stereocenters. The Morgan fingerprint density at radius 2 is 1.96 bits per heavy atom. The van der Waals surface area contributed by atoms with Gasteiger partial charge in [-0.3, -0.25) is 14.2 Å². The van der Waals surface area contributed by atoms with E-state index in [1.54, 1.807) is 19.2 Å². The third kappa shape index (κ3) is 4.68. The van der Waals surface area contributed by atoms with Crippen LogP contribution in [0.25, 0.3) is 11.3 Å². The summed E-state index contributed by atoms with van der Waals surface area (Å²) in [5.74, 6) is 0.430. The van der Waals surface area contributed by atoms with Crippen molar-refractivity contribution in [1.29, 1.82) is 0 Å². The molecule has 1 heterocycles. The van der Waals surface area contributed by atoms with Crippen molar-refractivity contribution in [2.24, 2.45) is 0 Å². The van der Waals surface area contributed by atoms with Crippen molar-refractivity contribution < 1.29 is 4.79 Å². The number of carbonyl (C=O) groups is 1. The first kappa shape index (κ1) is 18.2. The van der Waals surface area contributed by atoms with Crippen molar-refractivity contribution in [3.8, 4) is 11.3 Å². The van der Waals surface area contributed by atoms with E-state index in [9.17, 15) is 9.59 Å². The number of aromatic nitrogens is 2. The Morgan fingerprint density at radius 3 is 2.58 bits per heavy atom. The number of hydrogen-bond acceptors (Lipinski definition) is 3. The number of carbonyl (C=O) groups excluding carboxylic acids is 1. The van der Waals surface area contributed by atoms with Gasteiger partial charge < -0.3 is 5.32 Å². The fourth-order valence-electron chi connectivity index (χ4n) is 2.44. The molecule has 24 heavy (non-hydrogen) atoms. The third-order valence-corrected chi connectivity index (χ3v) is 4.06. The second-order valence-corrected chi connectivity index (χ2v) is 6.06. The van der Waals surface area contributed by atoms with Gasteiger partial charge in [-0.2, -0.15) is 0 Å². The summed E-state index contributed by atoms with van der Waals surface area (Å²) in [4.78, 5) is 28.8. The van der Waals surface area contributed by atoms with Crippen LogP contribution in [0.4, 0.5) is 0 Å². The standard InChI is InChI=1S/C18H22ClN3O2/c1-3-4-5-6-16-21-15(13-7-9-14(19)10-8-13)11-18(24)22(16)12-17(23)20-2/h7-11H,3-6,12H2,1-2H3,(H,20,23). The molecule has 2 aromatic rings. The molecule has 1 amide bonds. The molecule has 5 nitrogen and oxygen atoms in total. The van der Waals surface area contributed by atoms with Crippen molar-refractivity contribution in [2.75, 3.05) is 7.05 Å². The van der Waals surface area contributed by atoms with Crippen molar-refractivity contribution in [3.05, 3.63) is 51.5 Å². The minimum absolute atomic E-state index is 0.00924. The first-order chi connectivity index (χ1) is 11.5. The number of benzene rings is 1. The zero-order valence-electron chi connectivity index (χ0n) is 14.0. The van der Waals surface area contributed by atoms with Crippen LogP contribution in [0.2, 0.25) is 5.02 Å². The molecule has 1 aromatic carbocycles. The van der Waals surface area contributed by atoms with E-state index in [-0.39, 0.29) is 18.0 Å². The highest BCUT2D eigenvalue weighted by atomic mass is 35.5. The number of rotatable bonds is 7. The second-order valence-electron chi connectivity index (χ2n) is 5.62. The van der Waals surface area contributed by atoms with Gasteiger partial charge in [0.1, 0.15) is 12.4 Å². The normalized spacial score (nSPS) is 10.6. The quantitative estimate of drug-likeness (QED) is 0.783. The van der Waals surface area contributed by atoms with Crippen molar-refractivity contribution >= 4 is 17.5 Å². The van der Waals surface area contributed by atoms with E-state index in [1.807, 2.05) is 12.1 Å². The molecule has 2 rings (SSSR count). The Kier molecular flexibility index (Phi) is 6.55. The molecule has 0 aliphatic carbocycles. The molecule has 1 N–H and O–H groups in total. The lowest BCUT2D eigenvalue weighted by molar-refractivity contribution is -0.121. The molecular formula is C18H22ClN3O2. The van der Waals surface area contributed by atoms with Crippen LogP contribution < -0.4 is 10.9 Å². The van der Waals surface area contributed by atoms with E-state index in [4.69, 9.17) is 11.6 Å². The maximum absolute atomic E-state index is 12.5. The largest absolute Gasteiger partial charge is 0.358 e. The molecule has 0 radical (unpaired) electrons. The van der Waals surface area contributed by atoms with Gasteiger partial charge in [-0.1, -0.05) is 43.5 Å². The van der Waals surface area contributed by atoms with Crippen molar-refractivity contribution in [3.63, 3.8) is 0 Å². The van der Waals surface area contributed by atoms with Gasteiger partial charge >= 0.3 is 0 Å². The molecule has 0 fully saturated rings. The van der Waals surface area contributed by atoms with Gasteiger partial charge in [0, 0.05) is 30.1 Å². The van der Waals surface area contributed by atoms with Gasteiger partial charge in [-0.15, -0.1) is 0 Å². The molecule has 1 aromatic heterocycles. The summed E-state index contributed by atoms with van der Waals surface area (Å²) in [5.41, 5.74) is 1.22. The number of aryl methyl sites for hydroxylation is 1. The van der Waals surface area contributed by atoms with Crippen LogP contribution in [0.1, 0.15) is 32.0 Å². The number of halogens is 1. The molecule has 0 bridgehead atoms. The van der Waals surface area contributed by atoms with Gasteiger partial charge in [-0.25, -0.2) is 4.98 Å². The van der Waals surface area contributed by atoms with Gasteiger partial charge in [0.25, 0.3) is 5.56 Å². The van der Waals surface area contributed by atoms with Crippen molar-refractivity contribution in [2.45, 2.75) is 39.2 Å². The zero-order chi connectivity index (χ0) is 17.5. The monoisotopic (exact) mass is 347 g/mol. The van der Waals surface area contributed by atoms with Crippen LogP contribution in [-0.2, 0) is 17.8 Å². The molecule has 0 spiro atoms. The summed E-state index contributed by atoms with van der Waals surface area (Å²) in [6, 6.07) is 8.68. The van der Waals surface area contributed by atoms with Gasteiger partial charge in [0.05, 0.1) is 5.69 Å². The molecule has 0 saturated carbocycles. The Hall–Kier alpha value is -2.14. The summed E-state index contributed by atoms with van der Waals surface area (Å²) >= 11 is 5.91. The average molecular weight is 348 g/mol. The number of hydrogen-bond donors (Lipinski definition) is 1. The maximum atomic E-state index is 12.5. The molecule has 0 saturated heterocycles. The maximum Gasteiger partial charge on any atom is 0.254 e. The van der Waals surface area contributed by atoms with E-state index in [0.717, 1.165) is 24.8 Å². The number of nitrogens with zero attached hydrogens (tertiary/aromatic N) is 2. The molecule has 0 atom stereocenters. The van der Waals surface area contributed by atoms with E-state index in [1.165, 1.54) is 10.6 Å². The van der Waals surface area contributed by atoms with Gasteiger partial charge in [-0.05, 0) is 18.6 Å². The fourth-order valence-corrected chi connectivity index (χ4v) is 2.56. The van der Waals surface area contributed by atoms with E-state index in [0.29, 0.717) is 23.0 Å². The highest BCUT2D eigenvalue weighted by Gasteiger charge is 2.12. The smallest absolute Gasteiger partial charge is 0.254 e. The summed E-state index contributed by atoms with van der Waals surface area (Å²) in [7, 11) is 1.56. The Bertz CT molecular complexity index is 754. The summed E-state index contributed by atoms with van der Waals surface area (Å²) in [6.45, 7) is 2.11. The topological polar surface area (TPSA) is 64.0 Å². The lowest BCUT2D eigenvalue weighted by Crippen LogP contribution is -2.32. The second kappa shape index (κ2) is 8.64. The molecule has 128 valence electrons. The van der Waals surface area contributed by atoms with Gasteiger partial charge in [0.15, 0.2) is 0 Å². The Morgan fingerprint density at radius 1 is 1.25 bits per heavy atom. The lowest BCUT2D eigenvalue weighted by Gasteiger charge is -2.13. The summed E-state index contributed by atoms with van der Waals surface area (Å²) in [6.07, 6.45) is 3.74. The number of nitrogens with one attached hydrogen (secondary N) is 1. The first-order valence-corrected chi connectivity index (χ1v) is 8.50. The number of likely N-dealkylation sites (N-methyl/N-ethyl adjacent to an activating group) is 1. The summed E-state index contributed by atoms with van der Waals surface area (Å²) in [5, 5.41) is 3.18. The third-order valence-electron chi connectivity index (χ3n) is 3.81. The van der Waals surface area contributed by atoms with Crippen LogP contribution >= 0.6 is 11.6 Å². The lowest BCUT2D eigenvalue weighted by atomic mass is 10.1. The predicted octanol–water partition coefficient (Wildman–Crippen LogP) is 3.04. The van der Waals surface area contributed by atoms with E-state index >= 15 is 0 Å². The Balaban J connectivity index is 2.42. The molecular weight excluding hydrogens is 326 g/mol. The fraction of sp³-hybridized carbons (Fsp3) is 0.389. The molecule has 0 aliphatic heterocycles. The predicted molar refractivity (Wildman–Crippen MR) is 96.2 cm³/mol. The van der Waals surface area contributed by atoms with Gasteiger partial charge in [0.2, 0.25) is 5.91 Å². The van der Waals surface area contributed by atoms with Crippen LogP contribution in [0.3, 0.4) is 0 Å². The summed E-state index contributed by atoms with van der Waals surface area (Å²) < 4.78 is 1.45. The van der Waals surface area contributed by atoms with Crippen LogP contribution in [-0.4, -0.2) is 22.5 Å². The van der Waals surface area contributed by atoms with E-state index in [2.05, 4.69) is 17.2 Å². The van der Waals surface area contributed by atoms with Crippen LogP contribution in [0.5, 0.6) is 0 Å². The molecule has 6 heteroatoms. The molecule has 0 aliphatic rings. The SMILES string of the molecule is CCCCCc1nc(-c2ccc(Cl)cc2)cc(=O)n1CC(=O)NC. The highest BCUT2D eigenvalue weighted by molar-refractivity contribution is 6.30. The van der Waals surface area contributed by atoms with Crippen LogP contribution in [0, 0.1) is 0 Å². The zero-order valence-corrected chi connectivity index (χ0v) is 14.8. The first-order valence-electron chi connectivity index (χ1n) is 8.12. The van der Waals surface area contributed by atoms with E-state index < -0.39 is 0 Å². The number of unbranched alkanes of at least 4 members (excludes halogenated alkanes) is 2.